The number of rotatable bonds is 1. The molecule has 0 saturated carbocycles. The zero-order valence-corrected chi connectivity index (χ0v) is 12.1. The molecule has 0 amide bonds. The summed E-state index contributed by atoms with van der Waals surface area (Å²) < 4.78 is 0. The normalized spacial score (nSPS) is 15.3. The monoisotopic (exact) mass is 292 g/mol. The van der Waals surface area contributed by atoms with Crippen LogP contribution in [0.25, 0.3) is 21.9 Å². The zero-order chi connectivity index (χ0) is 15.1. The van der Waals surface area contributed by atoms with E-state index in [2.05, 4.69) is 25.9 Å². The van der Waals surface area contributed by atoms with Gasteiger partial charge in [0.05, 0.1) is 17.0 Å². The van der Waals surface area contributed by atoms with E-state index < -0.39 is 0 Å². The number of aromatic nitrogens is 3. The Kier molecular flexibility index (Phi) is 2.86. The third-order valence-corrected chi connectivity index (χ3v) is 4.23. The number of piperidine rings is 1. The molecule has 110 valence electrons. The van der Waals surface area contributed by atoms with Crippen LogP contribution in [-0.2, 0) is 0 Å². The number of fused-ring (bicyclic) bond motifs is 3. The standard InChI is InChI=1S/C16H16N6/c17-9-10-4-5-12-11(8-10)13-14(19-12)20-16(18)21-15(13)22-6-2-1-3-7-22/h4-5,8H,1-3,6-7H2,(H3,18,19,20,21). The predicted octanol–water partition coefficient (Wildman–Crippen LogP) is 2.56. The number of nitriles is 1. The molecule has 0 spiro atoms. The summed E-state index contributed by atoms with van der Waals surface area (Å²) in [6.45, 7) is 1.96. The van der Waals surface area contributed by atoms with Gasteiger partial charge in [0, 0.05) is 24.0 Å². The van der Waals surface area contributed by atoms with Crippen LogP contribution in [0.5, 0.6) is 0 Å². The quantitative estimate of drug-likeness (QED) is 0.718. The summed E-state index contributed by atoms with van der Waals surface area (Å²) in [6.07, 6.45) is 3.58. The molecule has 1 aliphatic heterocycles. The van der Waals surface area contributed by atoms with Gasteiger partial charge in [-0.25, -0.2) is 0 Å². The smallest absolute Gasteiger partial charge is 0.223 e. The van der Waals surface area contributed by atoms with Crippen molar-refractivity contribution in [3.63, 3.8) is 0 Å². The lowest BCUT2D eigenvalue weighted by molar-refractivity contribution is 0.575. The molecular formula is C16H16N6. The molecule has 22 heavy (non-hydrogen) atoms. The third kappa shape index (κ3) is 1.94. The van der Waals surface area contributed by atoms with Crippen LogP contribution in [0, 0.1) is 11.3 Å². The Balaban J connectivity index is 2.03. The predicted molar refractivity (Wildman–Crippen MR) is 86.6 cm³/mol. The fourth-order valence-corrected chi connectivity index (χ4v) is 3.20. The molecule has 0 atom stereocenters. The third-order valence-electron chi connectivity index (χ3n) is 4.23. The van der Waals surface area contributed by atoms with Gasteiger partial charge < -0.3 is 15.6 Å². The van der Waals surface area contributed by atoms with Crippen molar-refractivity contribution in [3.8, 4) is 6.07 Å². The van der Waals surface area contributed by atoms with Crippen LogP contribution in [0.1, 0.15) is 24.8 Å². The average molecular weight is 292 g/mol. The Labute approximate surface area is 127 Å². The number of anilines is 2. The van der Waals surface area contributed by atoms with E-state index in [9.17, 15) is 0 Å². The number of hydrogen-bond donors (Lipinski definition) is 2. The van der Waals surface area contributed by atoms with Gasteiger partial charge in [-0.05, 0) is 37.5 Å². The highest BCUT2D eigenvalue weighted by Gasteiger charge is 2.19. The van der Waals surface area contributed by atoms with Crippen LogP contribution in [0.3, 0.4) is 0 Å². The van der Waals surface area contributed by atoms with Crippen molar-refractivity contribution in [2.45, 2.75) is 19.3 Å². The molecule has 1 fully saturated rings. The summed E-state index contributed by atoms with van der Waals surface area (Å²) in [6, 6.07) is 7.79. The summed E-state index contributed by atoms with van der Waals surface area (Å²) in [5.41, 5.74) is 8.21. The second-order valence-electron chi connectivity index (χ2n) is 5.67. The fraction of sp³-hybridized carbons (Fsp3) is 0.312. The number of H-pyrrole nitrogens is 1. The molecule has 6 heteroatoms. The molecule has 6 nitrogen and oxygen atoms in total. The number of hydrogen-bond acceptors (Lipinski definition) is 5. The largest absolute Gasteiger partial charge is 0.368 e. The lowest BCUT2D eigenvalue weighted by atomic mass is 10.1. The molecule has 0 unspecified atom stereocenters. The summed E-state index contributed by atoms with van der Waals surface area (Å²) in [5.74, 6) is 1.16. The summed E-state index contributed by atoms with van der Waals surface area (Å²) in [4.78, 5) is 14.4. The van der Waals surface area contributed by atoms with Gasteiger partial charge in [-0.3, -0.25) is 0 Å². The molecular weight excluding hydrogens is 276 g/mol. The Morgan fingerprint density at radius 2 is 2.00 bits per heavy atom. The van der Waals surface area contributed by atoms with Crippen LogP contribution in [0.4, 0.5) is 11.8 Å². The summed E-state index contributed by atoms with van der Waals surface area (Å²) >= 11 is 0. The van der Waals surface area contributed by atoms with Crippen molar-refractivity contribution in [1.29, 1.82) is 5.26 Å². The van der Waals surface area contributed by atoms with Crippen molar-refractivity contribution in [1.82, 2.24) is 15.0 Å². The van der Waals surface area contributed by atoms with Gasteiger partial charge in [-0.1, -0.05) is 0 Å². The number of aromatic amines is 1. The second-order valence-corrected chi connectivity index (χ2v) is 5.67. The minimum atomic E-state index is 0.278. The van der Waals surface area contributed by atoms with E-state index >= 15 is 0 Å². The van der Waals surface area contributed by atoms with E-state index in [4.69, 9.17) is 11.0 Å². The lowest BCUT2D eigenvalue weighted by Crippen LogP contribution is -2.30. The van der Waals surface area contributed by atoms with Crippen molar-refractivity contribution in [2.75, 3.05) is 23.7 Å². The highest BCUT2D eigenvalue weighted by atomic mass is 15.2. The van der Waals surface area contributed by atoms with E-state index in [0.29, 0.717) is 5.56 Å². The molecule has 0 radical (unpaired) electrons. The minimum Gasteiger partial charge on any atom is -0.368 e. The maximum Gasteiger partial charge on any atom is 0.223 e. The van der Waals surface area contributed by atoms with Crippen molar-refractivity contribution in [3.05, 3.63) is 23.8 Å². The highest BCUT2D eigenvalue weighted by molar-refractivity contribution is 6.11. The molecule has 0 aliphatic carbocycles. The molecule has 2 aromatic heterocycles. The van der Waals surface area contributed by atoms with Crippen molar-refractivity contribution in [2.24, 2.45) is 0 Å². The van der Waals surface area contributed by atoms with Crippen LogP contribution in [-0.4, -0.2) is 28.0 Å². The number of nitrogens with zero attached hydrogens (tertiary/aromatic N) is 4. The van der Waals surface area contributed by atoms with Gasteiger partial charge in [-0.15, -0.1) is 0 Å². The van der Waals surface area contributed by atoms with Crippen LogP contribution >= 0.6 is 0 Å². The zero-order valence-electron chi connectivity index (χ0n) is 12.1. The first kappa shape index (κ1) is 12.9. The van der Waals surface area contributed by atoms with Crippen LogP contribution < -0.4 is 10.6 Å². The molecule has 3 N–H and O–H groups in total. The van der Waals surface area contributed by atoms with Gasteiger partial charge in [-0.2, -0.15) is 15.2 Å². The number of benzene rings is 1. The summed E-state index contributed by atoms with van der Waals surface area (Å²) in [7, 11) is 0. The van der Waals surface area contributed by atoms with E-state index in [-0.39, 0.29) is 5.95 Å². The molecule has 1 aromatic carbocycles. The summed E-state index contributed by atoms with van der Waals surface area (Å²) in [5, 5.41) is 11.1. The van der Waals surface area contributed by atoms with E-state index in [0.717, 1.165) is 53.7 Å². The van der Waals surface area contributed by atoms with Crippen molar-refractivity contribution >= 4 is 33.7 Å². The minimum absolute atomic E-state index is 0.278. The lowest BCUT2D eigenvalue weighted by Gasteiger charge is -2.28. The average Bonchev–Trinajstić information content (AvgIpc) is 2.91. The SMILES string of the molecule is N#Cc1ccc2[nH]c3nc(N)nc(N4CCCCC4)c3c2c1. The number of nitrogens with one attached hydrogen (secondary N) is 1. The van der Waals surface area contributed by atoms with Gasteiger partial charge in [0.2, 0.25) is 5.95 Å². The Hall–Kier alpha value is -2.81. The first-order chi connectivity index (χ1) is 10.8. The molecule has 3 aromatic rings. The molecule has 3 heterocycles. The maximum absolute atomic E-state index is 9.15. The van der Waals surface area contributed by atoms with Gasteiger partial charge in [0.1, 0.15) is 11.5 Å². The van der Waals surface area contributed by atoms with Gasteiger partial charge in [0.25, 0.3) is 0 Å². The molecule has 4 rings (SSSR count). The first-order valence-corrected chi connectivity index (χ1v) is 7.50. The molecule has 1 aliphatic rings. The highest BCUT2D eigenvalue weighted by Crippen LogP contribution is 2.33. The van der Waals surface area contributed by atoms with Crippen LogP contribution in [0.15, 0.2) is 18.2 Å². The maximum atomic E-state index is 9.15. The van der Waals surface area contributed by atoms with E-state index in [1.807, 2.05) is 12.1 Å². The van der Waals surface area contributed by atoms with E-state index in [1.54, 1.807) is 6.07 Å². The Morgan fingerprint density at radius 1 is 1.18 bits per heavy atom. The Bertz CT molecular complexity index is 898. The van der Waals surface area contributed by atoms with E-state index in [1.165, 1.54) is 6.42 Å². The van der Waals surface area contributed by atoms with Gasteiger partial charge in [0.15, 0.2) is 0 Å². The Morgan fingerprint density at radius 3 is 2.77 bits per heavy atom. The number of nitrogen functional groups attached to an aromatic ring is 1. The van der Waals surface area contributed by atoms with Crippen LogP contribution in [0.2, 0.25) is 0 Å². The van der Waals surface area contributed by atoms with Gasteiger partial charge >= 0.3 is 0 Å². The fourth-order valence-electron chi connectivity index (χ4n) is 3.20. The van der Waals surface area contributed by atoms with Crippen molar-refractivity contribution < 1.29 is 0 Å². The second kappa shape index (κ2) is 4.88. The topological polar surface area (TPSA) is 94.6 Å². The molecule has 0 bridgehead atoms. The number of nitrogens with two attached hydrogens (primary N) is 1. The molecule has 1 saturated heterocycles. The first-order valence-electron chi connectivity index (χ1n) is 7.50.